The van der Waals surface area contributed by atoms with Crippen molar-refractivity contribution in [1.82, 2.24) is 5.32 Å². The minimum absolute atomic E-state index is 0.156. The average Bonchev–Trinajstić information content (AvgIpc) is 2.54. The van der Waals surface area contributed by atoms with E-state index in [4.69, 9.17) is 22.2 Å². The molecule has 0 aliphatic carbocycles. The van der Waals surface area contributed by atoms with Crippen molar-refractivity contribution >= 4 is 44.9 Å². The van der Waals surface area contributed by atoms with Crippen LogP contribution in [0.15, 0.2) is 46.9 Å². The summed E-state index contributed by atoms with van der Waals surface area (Å²) in [5.41, 5.74) is 2.32. The van der Waals surface area contributed by atoms with Crippen LogP contribution in [0.25, 0.3) is 0 Å². The Hall–Kier alpha value is -2.43. The van der Waals surface area contributed by atoms with Crippen molar-refractivity contribution in [3.05, 3.63) is 58.1 Å². The molecular weight excluding hydrogens is 390 g/mol. The van der Waals surface area contributed by atoms with Gasteiger partial charge >= 0.3 is 0 Å². The zero-order chi connectivity index (χ0) is 17.5. The third-order valence-corrected chi connectivity index (χ3v) is 3.79. The lowest BCUT2D eigenvalue weighted by Crippen LogP contribution is -2.37. The molecule has 1 amide bonds. The normalized spacial score (nSPS) is 9.71. The maximum absolute atomic E-state index is 11.9. The third kappa shape index (κ3) is 5.33. The minimum Gasteiger partial charge on any atom is -0.483 e. The molecule has 0 saturated carbocycles. The lowest BCUT2D eigenvalue weighted by Gasteiger charge is -2.11. The monoisotopic (exact) mass is 403 g/mol. The van der Waals surface area contributed by atoms with Crippen molar-refractivity contribution in [1.29, 1.82) is 5.26 Å². The van der Waals surface area contributed by atoms with Crippen LogP contribution in [0.5, 0.6) is 5.75 Å². The van der Waals surface area contributed by atoms with Crippen molar-refractivity contribution in [2.75, 3.05) is 11.9 Å². The molecule has 0 unspecified atom stereocenters. The van der Waals surface area contributed by atoms with Gasteiger partial charge in [0, 0.05) is 5.69 Å². The second-order valence-corrected chi connectivity index (χ2v) is 6.18. The van der Waals surface area contributed by atoms with Crippen LogP contribution >= 0.6 is 28.1 Å². The van der Waals surface area contributed by atoms with Crippen molar-refractivity contribution in [2.24, 2.45) is 0 Å². The predicted molar refractivity (Wildman–Crippen MR) is 99.9 cm³/mol. The Bertz CT molecular complexity index is 800. The summed E-state index contributed by atoms with van der Waals surface area (Å²) in [6.45, 7) is 1.81. The predicted octanol–water partition coefficient (Wildman–Crippen LogP) is 3.52. The van der Waals surface area contributed by atoms with E-state index < -0.39 is 0 Å². The van der Waals surface area contributed by atoms with Crippen LogP contribution in [0, 0.1) is 18.3 Å². The van der Waals surface area contributed by atoms with Gasteiger partial charge in [-0.3, -0.25) is 10.1 Å². The van der Waals surface area contributed by atoms with Gasteiger partial charge in [0.05, 0.1) is 16.1 Å². The number of hydrogen-bond acceptors (Lipinski definition) is 4. The highest BCUT2D eigenvalue weighted by Gasteiger charge is 2.08. The molecule has 122 valence electrons. The van der Waals surface area contributed by atoms with E-state index in [1.165, 1.54) is 0 Å². The summed E-state index contributed by atoms with van der Waals surface area (Å²) in [6, 6.07) is 14.4. The van der Waals surface area contributed by atoms with Crippen LogP contribution < -0.4 is 15.4 Å². The number of anilines is 1. The van der Waals surface area contributed by atoms with Gasteiger partial charge in [0.2, 0.25) is 0 Å². The minimum atomic E-state index is -0.367. The molecule has 0 heterocycles. The highest BCUT2D eigenvalue weighted by atomic mass is 79.9. The summed E-state index contributed by atoms with van der Waals surface area (Å²) in [5, 5.41) is 14.3. The van der Waals surface area contributed by atoms with Gasteiger partial charge in [-0.15, -0.1) is 0 Å². The number of ether oxygens (including phenoxy) is 1. The number of carbonyl (C=O) groups is 1. The topological polar surface area (TPSA) is 74.2 Å². The summed E-state index contributed by atoms with van der Waals surface area (Å²) < 4.78 is 6.24. The highest BCUT2D eigenvalue weighted by molar-refractivity contribution is 9.10. The zero-order valence-electron chi connectivity index (χ0n) is 12.8. The number of benzene rings is 2. The molecule has 5 nitrogen and oxygen atoms in total. The second kappa shape index (κ2) is 8.43. The Kier molecular flexibility index (Phi) is 6.29. The SMILES string of the molecule is Cc1ccc(OCC(=O)NC(=S)Nc2ccc(C#N)cc2)c(Br)c1. The second-order valence-electron chi connectivity index (χ2n) is 4.91. The number of thiocarbonyl (C=S) groups is 1. The lowest BCUT2D eigenvalue weighted by molar-refractivity contribution is -0.121. The lowest BCUT2D eigenvalue weighted by atomic mass is 10.2. The maximum atomic E-state index is 11.9. The van der Waals surface area contributed by atoms with E-state index >= 15 is 0 Å². The van der Waals surface area contributed by atoms with E-state index in [1.54, 1.807) is 30.3 Å². The zero-order valence-corrected chi connectivity index (χ0v) is 15.2. The number of carbonyl (C=O) groups excluding carboxylic acids is 1. The summed E-state index contributed by atoms with van der Waals surface area (Å²) in [7, 11) is 0. The molecule has 0 aliphatic rings. The van der Waals surface area contributed by atoms with Gasteiger partial charge in [-0.05, 0) is 77.0 Å². The maximum Gasteiger partial charge on any atom is 0.264 e. The van der Waals surface area contributed by atoms with Gasteiger partial charge in [0.25, 0.3) is 5.91 Å². The number of rotatable bonds is 4. The molecule has 2 aromatic carbocycles. The molecule has 2 N–H and O–H groups in total. The molecule has 0 aromatic heterocycles. The number of nitrogens with one attached hydrogen (secondary N) is 2. The van der Waals surface area contributed by atoms with E-state index in [-0.39, 0.29) is 17.6 Å². The third-order valence-electron chi connectivity index (χ3n) is 2.97. The molecule has 0 bridgehead atoms. The first-order chi connectivity index (χ1) is 11.5. The number of halogens is 1. The molecule has 2 rings (SSSR count). The quantitative estimate of drug-likeness (QED) is 0.763. The fourth-order valence-electron chi connectivity index (χ4n) is 1.82. The standard InChI is InChI=1S/C17H14BrN3O2S/c1-11-2-7-15(14(18)8-11)23-10-16(22)21-17(24)20-13-5-3-12(9-19)4-6-13/h2-8H,10H2,1H3,(H2,20,21,22,24). The van der Waals surface area contributed by atoms with Crippen LogP contribution in [0.2, 0.25) is 0 Å². The fourth-order valence-corrected chi connectivity index (χ4v) is 2.66. The Balaban J connectivity index is 1.83. The molecule has 0 atom stereocenters. The average molecular weight is 404 g/mol. The molecule has 2 aromatic rings. The van der Waals surface area contributed by atoms with Crippen molar-refractivity contribution in [3.8, 4) is 11.8 Å². The molecule has 0 spiro atoms. The summed E-state index contributed by atoms with van der Waals surface area (Å²) in [5.74, 6) is 0.218. The number of aryl methyl sites for hydroxylation is 1. The van der Waals surface area contributed by atoms with Gasteiger partial charge < -0.3 is 10.1 Å². The van der Waals surface area contributed by atoms with Crippen molar-refractivity contribution in [2.45, 2.75) is 6.92 Å². The van der Waals surface area contributed by atoms with Crippen LogP contribution in [-0.4, -0.2) is 17.6 Å². The van der Waals surface area contributed by atoms with Crippen LogP contribution in [0.4, 0.5) is 5.69 Å². The summed E-state index contributed by atoms with van der Waals surface area (Å²) in [4.78, 5) is 11.9. The van der Waals surface area contributed by atoms with E-state index in [1.807, 2.05) is 25.1 Å². The Morgan fingerprint density at radius 3 is 2.62 bits per heavy atom. The van der Waals surface area contributed by atoms with E-state index in [0.717, 1.165) is 10.0 Å². The van der Waals surface area contributed by atoms with E-state index in [9.17, 15) is 4.79 Å². The Labute approximate surface area is 153 Å². The van der Waals surface area contributed by atoms with Crippen LogP contribution in [0.3, 0.4) is 0 Å². The molecule has 7 heteroatoms. The van der Waals surface area contributed by atoms with Gasteiger partial charge in [0.15, 0.2) is 11.7 Å². The molecular formula is C17H14BrN3O2S. The largest absolute Gasteiger partial charge is 0.483 e. The first-order valence-corrected chi connectivity index (χ1v) is 8.18. The molecule has 0 radical (unpaired) electrons. The summed E-state index contributed by atoms with van der Waals surface area (Å²) >= 11 is 8.46. The number of nitriles is 1. The number of hydrogen-bond donors (Lipinski definition) is 2. The van der Waals surface area contributed by atoms with E-state index in [2.05, 4.69) is 26.6 Å². The van der Waals surface area contributed by atoms with Crippen LogP contribution in [-0.2, 0) is 4.79 Å². The summed E-state index contributed by atoms with van der Waals surface area (Å²) in [6.07, 6.45) is 0. The molecule has 24 heavy (non-hydrogen) atoms. The number of amides is 1. The first kappa shape index (κ1) is 17.9. The fraction of sp³-hybridized carbons (Fsp3) is 0.118. The van der Waals surface area contributed by atoms with Gasteiger partial charge in [-0.1, -0.05) is 6.07 Å². The van der Waals surface area contributed by atoms with E-state index in [0.29, 0.717) is 17.0 Å². The van der Waals surface area contributed by atoms with Gasteiger partial charge in [-0.2, -0.15) is 5.26 Å². The van der Waals surface area contributed by atoms with Gasteiger partial charge in [0.1, 0.15) is 5.75 Å². The Morgan fingerprint density at radius 2 is 2.00 bits per heavy atom. The van der Waals surface area contributed by atoms with Crippen molar-refractivity contribution in [3.63, 3.8) is 0 Å². The Morgan fingerprint density at radius 1 is 1.29 bits per heavy atom. The molecule has 0 fully saturated rings. The number of nitrogens with zero attached hydrogens (tertiary/aromatic N) is 1. The molecule has 0 aliphatic heterocycles. The first-order valence-electron chi connectivity index (χ1n) is 6.98. The van der Waals surface area contributed by atoms with Crippen molar-refractivity contribution < 1.29 is 9.53 Å². The van der Waals surface area contributed by atoms with Crippen LogP contribution in [0.1, 0.15) is 11.1 Å². The highest BCUT2D eigenvalue weighted by Crippen LogP contribution is 2.25. The van der Waals surface area contributed by atoms with Gasteiger partial charge in [-0.25, -0.2) is 0 Å². The smallest absolute Gasteiger partial charge is 0.264 e. The molecule has 0 saturated heterocycles.